The summed E-state index contributed by atoms with van der Waals surface area (Å²) in [6.07, 6.45) is 0.693. The lowest BCUT2D eigenvalue weighted by molar-refractivity contribution is 0.613. The molecule has 3 aromatic rings. The average Bonchev–Trinajstić information content (AvgIpc) is 2.63. The SMILES string of the molecule is CC(C)Cc1nc(SCc2ccccc2)c2c(=O)n(C)c(=O)n(C)c2n1. The third-order valence-corrected chi connectivity index (χ3v) is 5.17. The maximum absolute atomic E-state index is 12.7. The van der Waals surface area contributed by atoms with Crippen molar-refractivity contribution in [2.75, 3.05) is 0 Å². The van der Waals surface area contributed by atoms with Gasteiger partial charge in [-0.2, -0.15) is 0 Å². The van der Waals surface area contributed by atoms with E-state index in [0.717, 1.165) is 10.1 Å². The van der Waals surface area contributed by atoms with E-state index in [1.165, 1.54) is 23.4 Å². The molecule has 0 fully saturated rings. The minimum atomic E-state index is -0.379. The molecule has 0 radical (unpaired) electrons. The standard InChI is InChI=1S/C19H22N4O2S/c1-12(2)10-14-20-16-15(18(24)23(4)19(25)22(16)3)17(21-14)26-11-13-8-6-5-7-9-13/h5-9,12H,10-11H2,1-4H3. The van der Waals surface area contributed by atoms with Crippen LogP contribution in [-0.4, -0.2) is 19.1 Å². The first kappa shape index (κ1) is 18.4. The van der Waals surface area contributed by atoms with Crippen LogP contribution in [0.5, 0.6) is 0 Å². The minimum absolute atomic E-state index is 0.352. The topological polar surface area (TPSA) is 69.8 Å². The van der Waals surface area contributed by atoms with E-state index >= 15 is 0 Å². The predicted octanol–water partition coefficient (Wildman–Crippen LogP) is 2.52. The second-order valence-corrected chi connectivity index (χ2v) is 7.69. The summed E-state index contributed by atoms with van der Waals surface area (Å²) in [5.41, 5.74) is 0.820. The van der Waals surface area contributed by atoms with Crippen molar-refractivity contribution in [2.45, 2.75) is 31.0 Å². The molecule has 0 saturated carbocycles. The maximum Gasteiger partial charge on any atom is 0.332 e. The van der Waals surface area contributed by atoms with Gasteiger partial charge >= 0.3 is 5.69 Å². The van der Waals surface area contributed by atoms with E-state index < -0.39 is 0 Å². The van der Waals surface area contributed by atoms with Gasteiger partial charge < -0.3 is 0 Å². The van der Waals surface area contributed by atoms with E-state index in [9.17, 15) is 9.59 Å². The van der Waals surface area contributed by atoms with Crippen LogP contribution in [0.1, 0.15) is 25.2 Å². The molecule has 136 valence electrons. The van der Waals surface area contributed by atoms with Gasteiger partial charge in [0.2, 0.25) is 0 Å². The summed E-state index contributed by atoms with van der Waals surface area (Å²) in [7, 11) is 3.12. The molecular formula is C19H22N4O2S. The molecule has 7 heteroatoms. The zero-order valence-corrected chi connectivity index (χ0v) is 16.2. The minimum Gasteiger partial charge on any atom is -0.280 e. The van der Waals surface area contributed by atoms with Crippen molar-refractivity contribution in [2.24, 2.45) is 20.0 Å². The normalized spacial score (nSPS) is 11.4. The quantitative estimate of drug-likeness (QED) is 0.510. The fourth-order valence-corrected chi connectivity index (χ4v) is 3.75. The molecule has 0 amide bonds. The number of hydrogen-bond acceptors (Lipinski definition) is 5. The maximum atomic E-state index is 12.7. The van der Waals surface area contributed by atoms with Crippen molar-refractivity contribution < 1.29 is 0 Å². The van der Waals surface area contributed by atoms with Gasteiger partial charge in [0.1, 0.15) is 16.2 Å². The number of aryl methyl sites for hydroxylation is 1. The summed E-state index contributed by atoms with van der Waals surface area (Å²) in [6.45, 7) is 4.18. The van der Waals surface area contributed by atoms with Crippen LogP contribution in [-0.2, 0) is 26.3 Å². The van der Waals surface area contributed by atoms with Gasteiger partial charge in [0, 0.05) is 26.3 Å². The van der Waals surface area contributed by atoms with E-state index in [1.807, 2.05) is 30.3 Å². The molecule has 0 N–H and O–H groups in total. The molecule has 26 heavy (non-hydrogen) atoms. The Labute approximate surface area is 155 Å². The second kappa shape index (κ2) is 7.45. The van der Waals surface area contributed by atoms with Gasteiger partial charge in [-0.15, -0.1) is 11.8 Å². The Morgan fingerprint density at radius 1 is 1.04 bits per heavy atom. The van der Waals surface area contributed by atoms with Crippen LogP contribution in [0, 0.1) is 5.92 Å². The van der Waals surface area contributed by atoms with E-state index in [-0.39, 0.29) is 11.2 Å². The van der Waals surface area contributed by atoms with Crippen molar-refractivity contribution in [3.05, 3.63) is 62.6 Å². The number of rotatable bonds is 5. The number of fused-ring (bicyclic) bond motifs is 1. The number of thioether (sulfide) groups is 1. The molecule has 0 aliphatic rings. The molecule has 0 aliphatic carbocycles. The van der Waals surface area contributed by atoms with Crippen LogP contribution >= 0.6 is 11.8 Å². The Hall–Kier alpha value is -2.41. The van der Waals surface area contributed by atoms with Crippen LogP contribution in [0.3, 0.4) is 0 Å². The monoisotopic (exact) mass is 370 g/mol. The highest BCUT2D eigenvalue weighted by atomic mass is 32.2. The van der Waals surface area contributed by atoms with Gasteiger partial charge in [0.05, 0.1) is 0 Å². The first-order valence-electron chi connectivity index (χ1n) is 8.52. The second-order valence-electron chi connectivity index (χ2n) is 6.72. The molecule has 0 unspecified atom stereocenters. The first-order chi connectivity index (χ1) is 12.4. The molecule has 2 aromatic heterocycles. The highest BCUT2D eigenvalue weighted by molar-refractivity contribution is 7.98. The third-order valence-electron chi connectivity index (χ3n) is 4.12. The molecular weight excluding hydrogens is 348 g/mol. The number of aromatic nitrogens is 4. The fourth-order valence-electron chi connectivity index (χ4n) is 2.76. The van der Waals surface area contributed by atoms with Crippen LogP contribution in [0.25, 0.3) is 11.0 Å². The molecule has 2 heterocycles. The molecule has 0 aliphatic heterocycles. The molecule has 3 rings (SSSR count). The van der Waals surface area contributed by atoms with Crippen LogP contribution in [0.15, 0.2) is 44.9 Å². The summed E-state index contributed by atoms with van der Waals surface area (Å²) in [5.74, 6) is 1.73. The van der Waals surface area contributed by atoms with Crippen LogP contribution < -0.4 is 11.2 Å². The predicted molar refractivity (Wildman–Crippen MR) is 105 cm³/mol. The Morgan fingerprint density at radius 2 is 1.73 bits per heavy atom. The summed E-state index contributed by atoms with van der Waals surface area (Å²) >= 11 is 1.50. The fraction of sp³-hybridized carbons (Fsp3) is 0.368. The van der Waals surface area contributed by atoms with Crippen LogP contribution in [0.2, 0.25) is 0 Å². The van der Waals surface area contributed by atoms with Crippen molar-refractivity contribution in [1.82, 2.24) is 19.1 Å². The van der Waals surface area contributed by atoms with Gasteiger partial charge in [-0.05, 0) is 11.5 Å². The van der Waals surface area contributed by atoms with E-state index in [1.54, 1.807) is 7.05 Å². The number of hydrogen-bond donors (Lipinski definition) is 0. The first-order valence-corrected chi connectivity index (χ1v) is 9.50. The van der Waals surface area contributed by atoms with Crippen molar-refractivity contribution in [3.8, 4) is 0 Å². The summed E-state index contributed by atoms with van der Waals surface area (Å²) in [6, 6.07) is 10.0. The van der Waals surface area contributed by atoms with Crippen molar-refractivity contribution >= 4 is 22.8 Å². The smallest absolute Gasteiger partial charge is 0.280 e. The third kappa shape index (κ3) is 3.58. The Balaban J connectivity index is 2.18. The molecule has 1 aromatic carbocycles. The van der Waals surface area contributed by atoms with Crippen LogP contribution in [0.4, 0.5) is 0 Å². The lowest BCUT2D eigenvalue weighted by Gasteiger charge is -2.12. The van der Waals surface area contributed by atoms with E-state index in [2.05, 4.69) is 23.8 Å². The highest BCUT2D eigenvalue weighted by Gasteiger charge is 2.17. The molecule has 0 spiro atoms. The van der Waals surface area contributed by atoms with Crippen molar-refractivity contribution in [1.29, 1.82) is 0 Å². The molecule has 0 saturated heterocycles. The zero-order chi connectivity index (χ0) is 18.8. The van der Waals surface area contributed by atoms with Gasteiger partial charge in [0.15, 0.2) is 5.65 Å². The summed E-state index contributed by atoms with van der Waals surface area (Å²) in [5, 5.41) is 1.04. The molecule has 6 nitrogen and oxygen atoms in total. The Kier molecular flexibility index (Phi) is 5.27. The van der Waals surface area contributed by atoms with E-state index in [4.69, 9.17) is 0 Å². The zero-order valence-electron chi connectivity index (χ0n) is 15.4. The lowest BCUT2D eigenvalue weighted by Crippen LogP contribution is -2.37. The Bertz CT molecular complexity index is 1060. The number of benzene rings is 1. The summed E-state index contributed by atoms with van der Waals surface area (Å²) < 4.78 is 2.54. The van der Waals surface area contributed by atoms with Gasteiger partial charge in [-0.25, -0.2) is 14.8 Å². The van der Waals surface area contributed by atoms with Gasteiger partial charge in [-0.3, -0.25) is 13.9 Å². The molecule has 0 bridgehead atoms. The van der Waals surface area contributed by atoms with Crippen molar-refractivity contribution in [3.63, 3.8) is 0 Å². The highest BCUT2D eigenvalue weighted by Crippen LogP contribution is 2.26. The summed E-state index contributed by atoms with van der Waals surface area (Å²) in [4.78, 5) is 34.2. The molecule has 0 atom stereocenters. The largest absolute Gasteiger partial charge is 0.332 e. The average molecular weight is 370 g/mol. The number of nitrogens with zero attached hydrogens (tertiary/aromatic N) is 4. The lowest BCUT2D eigenvalue weighted by atomic mass is 10.1. The Morgan fingerprint density at radius 3 is 2.38 bits per heavy atom. The van der Waals surface area contributed by atoms with Gasteiger partial charge in [0.25, 0.3) is 5.56 Å². The van der Waals surface area contributed by atoms with E-state index in [0.29, 0.717) is 40.0 Å². The van der Waals surface area contributed by atoms with Gasteiger partial charge in [-0.1, -0.05) is 44.2 Å².